The number of rotatable bonds is 2. The highest BCUT2D eigenvalue weighted by Gasteiger charge is 2.38. The first kappa shape index (κ1) is 16.7. The third-order valence-corrected chi connectivity index (χ3v) is 6.20. The van der Waals surface area contributed by atoms with Crippen LogP contribution in [0.25, 0.3) is 0 Å². The summed E-state index contributed by atoms with van der Waals surface area (Å²) in [6.07, 6.45) is 1.80. The van der Waals surface area contributed by atoms with Crippen LogP contribution < -0.4 is 5.32 Å². The molecule has 7 heteroatoms. The standard InChI is InChI=1S/C14H19FN2O2S.ClH/c1-10-2-3-12(15)14(8-10)20(18,19)17-7-5-13-11(9-17)4-6-16-13;/h2-3,8,11,13,16H,4-7,9H2,1H3;1H. The molecular formula is C14H20ClFN2O2S. The van der Waals surface area contributed by atoms with E-state index >= 15 is 0 Å². The molecule has 2 aliphatic heterocycles. The molecule has 2 aliphatic rings. The van der Waals surface area contributed by atoms with Gasteiger partial charge in [0, 0.05) is 19.1 Å². The molecule has 2 heterocycles. The van der Waals surface area contributed by atoms with Crippen LogP contribution in [0, 0.1) is 18.7 Å². The average molecular weight is 335 g/mol. The second kappa shape index (κ2) is 6.20. The van der Waals surface area contributed by atoms with Crippen LogP contribution in [-0.4, -0.2) is 38.4 Å². The van der Waals surface area contributed by atoms with E-state index in [2.05, 4.69) is 5.32 Å². The van der Waals surface area contributed by atoms with E-state index < -0.39 is 15.8 Å². The van der Waals surface area contributed by atoms with Crippen LogP contribution in [0.3, 0.4) is 0 Å². The second-order valence-corrected chi connectivity index (χ2v) is 7.60. The van der Waals surface area contributed by atoms with Gasteiger partial charge in [0.05, 0.1) is 0 Å². The zero-order valence-corrected chi connectivity index (χ0v) is 13.5. The van der Waals surface area contributed by atoms with Crippen molar-refractivity contribution < 1.29 is 12.8 Å². The molecule has 1 N–H and O–H groups in total. The van der Waals surface area contributed by atoms with E-state index in [9.17, 15) is 12.8 Å². The quantitative estimate of drug-likeness (QED) is 0.899. The highest BCUT2D eigenvalue weighted by Crippen LogP contribution is 2.29. The van der Waals surface area contributed by atoms with Gasteiger partial charge in [-0.2, -0.15) is 4.31 Å². The van der Waals surface area contributed by atoms with Crippen LogP contribution in [0.4, 0.5) is 4.39 Å². The summed E-state index contributed by atoms with van der Waals surface area (Å²) < 4.78 is 40.5. The topological polar surface area (TPSA) is 49.4 Å². The predicted octanol–water partition coefficient (Wildman–Crippen LogP) is 1.93. The average Bonchev–Trinajstić information content (AvgIpc) is 2.88. The van der Waals surface area contributed by atoms with Crippen molar-refractivity contribution in [2.75, 3.05) is 19.6 Å². The van der Waals surface area contributed by atoms with E-state index in [4.69, 9.17) is 0 Å². The maximum atomic E-state index is 13.9. The number of piperidine rings is 1. The fourth-order valence-corrected chi connectivity index (χ4v) is 4.84. The number of nitrogens with one attached hydrogen (secondary N) is 1. The summed E-state index contributed by atoms with van der Waals surface area (Å²) in [5, 5.41) is 3.40. The first-order valence-corrected chi connectivity index (χ1v) is 8.42. The monoisotopic (exact) mass is 334 g/mol. The van der Waals surface area contributed by atoms with Gasteiger partial charge in [0.25, 0.3) is 0 Å². The summed E-state index contributed by atoms with van der Waals surface area (Å²) in [6.45, 7) is 3.67. The highest BCUT2D eigenvalue weighted by atomic mass is 35.5. The molecule has 2 saturated heterocycles. The van der Waals surface area contributed by atoms with Crippen molar-refractivity contribution in [1.29, 1.82) is 0 Å². The summed E-state index contributed by atoms with van der Waals surface area (Å²) in [7, 11) is -3.72. The van der Waals surface area contributed by atoms with Gasteiger partial charge in [-0.25, -0.2) is 12.8 Å². The number of aryl methyl sites for hydroxylation is 1. The van der Waals surface area contributed by atoms with E-state index in [-0.39, 0.29) is 17.3 Å². The molecule has 118 valence electrons. The Kier molecular flexibility index (Phi) is 4.92. The normalized spacial score (nSPS) is 26.2. The molecule has 4 nitrogen and oxygen atoms in total. The fourth-order valence-electron chi connectivity index (χ4n) is 3.18. The van der Waals surface area contributed by atoms with Gasteiger partial charge in [-0.15, -0.1) is 12.4 Å². The maximum absolute atomic E-state index is 13.9. The minimum Gasteiger partial charge on any atom is -0.314 e. The molecule has 0 bridgehead atoms. The molecule has 0 aliphatic carbocycles. The number of nitrogens with zero attached hydrogens (tertiary/aromatic N) is 1. The molecule has 0 spiro atoms. The van der Waals surface area contributed by atoms with Gasteiger partial charge < -0.3 is 5.32 Å². The van der Waals surface area contributed by atoms with E-state index in [1.165, 1.54) is 16.4 Å². The summed E-state index contributed by atoms with van der Waals surface area (Å²) in [5.74, 6) is -0.311. The molecule has 2 fully saturated rings. The molecule has 1 aromatic rings. The minimum absolute atomic E-state index is 0. The number of benzene rings is 1. The zero-order chi connectivity index (χ0) is 14.3. The first-order valence-electron chi connectivity index (χ1n) is 6.98. The third-order valence-electron chi connectivity index (χ3n) is 4.32. The zero-order valence-electron chi connectivity index (χ0n) is 11.9. The van der Waals surface area contributed by atoms with Gasteiger partial charge in [-0.05, 0) is 49.9 Å². The Balaban J connectivity index is 0.00000161. The Bertz CT molecular complexity index is 623. The van der Waals surface area contributed by atoms with Crippen LogP contribution >= 0.6 is 12.4 Å². The molecule has 1 aromatic carbocycles. The number of halogens is 2. The van der Waals surface area contributed by atoms with E-state index in [1.807, 2.05) is 0 Å². The molecule has 0 saturated carbocycles. The van der Waals surface area contributed by atoms with Gasteiger partial charge >= 0.3 is 0 Å². The highest BCUT2D eigenvalue weighted by molar-refractivity contribution is 7.89. The van der Waals surface area contributed by atoms with Crippen LogP contribution in [0.1, 0.15) is 18.4 Å². The lowest BCUT2D eigenvalue weighted by atomic mass is 9.95. The van der Waals surface area contributed by atoms with Crippen molar-refractivity contribution in [2.45, 2.75) is 30.7 Å². The summed E-state index contributed by atoms with van der Waals surface area (Å²) >= 11 is 0. The Hall–Kier alpha value is -0.690. The van der Waals surface area contributed by atoms with Crippen molar-refractivity contribution in [1.82, 2.24) is 9.62 Å². The van der Waals surface area contributed by atoms with Crippen molar-refractivity contribution in [2.24, 2.45) is 5.92 Å². The molecule has 2 atom stereocenters. The van der Waals surface area contributed by atoms with E-state index in [1.54, 1.807) is 13.0 Å². The molecule has 0 radical (unpaired) electrons. The maximum Gasteiger partial charge on any atom is 0.246 e. The van der Waals surface area contributed by atoms with Crippen molar-refractivity contribution >= 4 is 22.4 Å². The summed E-state index contributed by atoms with van der Waals surface area (Å²) in [6, 6.07) is 4.65. The molecule has 3 rings (SSSR count). The minimum atomic E-state index is -3.72. The SMILES string of the molecule is Cc1ccc(F)c(S(=O)(=O)N2CCC3NCCC3C2)c1.Cl. The molecule has 0 aromatic heterocycles. The Morgan fingerprint density at radius 2 is 2.10 bits per heavy atom. The van der Waals surface area contributed by atoms with Gasteiger partial charge in [0.15, 0.2) is 0 Å². The van der Waals surface area contributed by atoms with Crippen LogP contribution in [0.5, 0.6) is 0 Å². The van der Waals surface area contributed by atoms with E-state index in [0.29, 0.717) is 25.0 Å². The fraction of sp³-hybridized carbons (Fsp3) is 0.571. The molecule has 0 amide bonds. The van der Waals surface area contributed by atoms with Crippen molar-refractivity contribution in [3.8, 4) is 0 Å². The Morgan fingerprint density at radius 3 is 2.86 bits per heavy atom. The van der Waals surface area contributed by atoms with Gasteiger partial charge in [-0.1, -0.05) is 6.07 Å². The van der Waals surface area contributed by atoms with Crippen molar-refractivity contribution in [3.63, 3.8) is 0 Å². The largest absolute Gasteiger partial charge is 0.314 e. The number of hydrogen-bond donors (Lipinski definition) is 1. The lowest BCUT2D eigenvalue weighted by molar-refractivity contribution is 0.246. The lowest BCUT2D eigenvalue weighted by Crippen LogP contribution is -2.46. The van der Waals surface area contributed by atoms with Crippen LogP contribution in [0.2, 0.25) is 0 Å². The van der Waals surface area contributed by atoms with Gasteiger partial charge in [0.1, 0.15) is 10.7 Å². The molecular weight excluding hydrogens is 315 g/mol. The number of hydrogen-bond acceptors (Lipinski definition) is 3. The Labute approximate surface area is 131 Å². The first-order chi connectivity index (χ1) is 9.48. The molecule has 21 heavy (non-hydrogen) atoms. The number of sulfonamides is 1. The van der Waals surface area contributed by atoms with E-state index in [0.717, 1.165) is 24.9 Å². The molecule has 2 unspecified atom stereocenters. The van der Waals surface area contributed by atoms with Crippen LogP contribution in [0.15, 0.2) is 23.1 Å². The van der Waals surface area contributed by atoms with Gasteiger partial charge in [0.2, 0.25) is 10.0 Å². The smallest absolute Gasteiger partial charge is 0.246 e. The van der Waals surface area contributed by atoms with Crippen molar-refractivity contribution in [3.05, 3.63) is 29.6 Å². The second-order valence-electron chi connectivity index (χ2n) is 5.69. The Morgan fingerprint density at radius 1 is 1.33 bits per heavy atom. The number of fused-ring (bicyclic) bond motifs is 1. The lowest BCUT2D eigenvalue weighted by Gasteiger charge is -2.34. The summed E-state index contributed by atoms with van der Waals surface area (Å²) in [5.41, 5.74) is 0.752. The third kappa shape index (κ3) is 3.08. The van der Waals surface area contributed by atoms with Crippen LogP contribution in [-0.2, 0) is 10.0 Å². The van der Waals surface area contributed by atoms with Gasteiger partial charge in [-0.3, -0.25) is 0 Å². The summed E-state index contributed by atoms with van der Waals surface area (Å²) in [4.78, 5) is -0.193. The predicted molar refractivity (Wildman–Crippen MR) is 81.7 cm³/mol.